The maximum atomic E-state index is 9.75. The molecule has 2 unspecified atom stereocenters. The van der Waals surface area contributed by atoms with Gasteiger partial charge in [-0.05, 0) is 37.8 Å². The van der Waals surface area contributed by atoms with E-state index >= 15 is 0 Å². The average Bonchev–Trinajstić information content (AvgIpc) is 2.55. The highest BCUT2D eigenvalue weighted by atomic mass is 16.3. The number of aliphatic hydroxyl groups is 1. The number of aromatic nitrogens is 3. The Morgan fingerprint density at radius 3 is 2.91 bits per heavy atom. The molecule has 0 saturated carbocycles. The molecule has 2 aromatic heterocycles. The smallest absolute Gasteiger partial charge is 0.180 e. The van der Waals surface area contributed by atoms with Gasteiger partial charge in [0.15, 0.2) is 5.82 Å². The van der Waals surface area contributed by atoms with E-state index in [0.717, 1.165) is 36.6 Å². The summed E-state index contributed by atoms with van der Waals surface area (Å²) in [5.41, 5.74) is 1.69. The molecule has 0 bridgehead atoms. The van der Waals surface area contributed by atoms with Gasteiger partial charge in [-0.15, -0.1) is 0 Å². The monoisotopic (exact) mass is 298 g/mol. The summed E-state index contributed by atoms with van der Waals surface area (Å²) in [6, 6.07) is 7.86. The molecule has 2 atom stereocenters. The first-order valence-corrected chi connectivity index (χ1v) is 7.83. The van der Waals surface area contributed by atoms with E-state index in [1.807, 2.05) is 31.2 Å². The zero-order valence-electron chi connectivity index (χ0n) is 13.1. The fraction of sp³-hybridized carbons (Fsp3) is 0.471. The Kier molecular flexibility index (Phi) is 4.34. The number of nitrogens with zero attached hydrogens (tertiary/aromatic N) is 4. The van der Waals surface area contributed by atoms with Gasteiger partial charge in [0.1, 0.15) is 11.5 Å². The Hall–Kier alpha value is -2.01. The lowest BCUT2D eigenvalue weighted by Gasteiger charge is -2.40. The number of hydrogen-bond donors (Lipinski definition) is 1. The Bertz CT molecular complexity index is 632. The van der Waals surface area contributed by atoms with Crippen molar-refractivity contribution in [2.75, 3.05) is 18.1 Å². The highest BCUT2D eigenvalue weighted by Gasteiger charge is 2.29. The Morgan fingerprint density at radius 1 is 1.32 bits per heavy atom. The predicted octanol–water partition coefficient (Wildman–Crippen LogP) is 2.44. The lowest BCUT2D eigenvalue weighted by Crippen LogP contribution is -2.47. The molecule has 0 aliphatic carbocycles. The molecule has 3 heterocycles. The van der Waals surface area contributed by atoms with Gasteiger partial charge in [0.2, 0.25) is 0 Å². The second-order valence-electron chi connectivity index (χ2n) is 5.97. The van der Waals surface area contributed by atoms with E-state index in [4.69, 9.17) is 4.98 Å². The van der Waals surface area contributed by atoms with Crippen molar-refractivity contribution in [3.8, 4) is 11.5 Å². The average molecular weight is 298 g/mol. The maximum absolute atomic E-state index is 9.75. The van der Waals surface area contributed by atoms with Crippen LogP contribution in [0, 0.1) is 12.8 Å². The van der Waals surface area contributed by atoms with Crippen LogP contribution in [0.25, 0.3) is 11.5 Å². The first-order valence-electron chi connectivity index (χ1n) is 7.83. The predicted molar refractivity (Wildman–Crippen MR) is 86.6 cm³/mol. The van der Waals surface area contributed by atoms with Crippen LogP contribution in [0.5, 0.6) is 0 Å². The number of aliphatic hydroxyl groups excluding tert-OH is 1. The SMILES string of the molecule is Cc1cc(N2CCCC(C)C2CO)nc(-c2ccccn2)n1. The third-order valence-electron chi connectivity index (χ3n) is 4.33. The first kappa shape index (κ1) is 14.9. The van der Waals surface area contributed by atoms with Gasteiger partial charge in [0, 0.05) is 24.5 Å². The molecule has 1 aliphatic rings. The van der Waals surface area contributed by atoms with Crippen LogP contribution in [-0.2, 0) is 0 Å². The summed E-state index contributed by atoms with van der Waals surface area (Å²) in [6.07, 6.45) is 4.03. The van der Waals surface area contributed by atoms with Crippen LogP contribution >= 0.6 is 0 Å². The van der Waals surface area contributed by atoms with Gasteiger partial charge < -0.3 is 10.0 Å². The second kappa shape index (κ2) is 6.40. The fourth-order valence-corrected chi connectivity index (χ4v) is 3.12. The van der Waals surface area contributed by atoms with Crippen molar-refractivity contribution in [2.24, 2.45) is 5.92 Å². The lowest BCUT2D eigenvalue weighted by molar-refractivity contribution is 0.202. The summed E-state index contributed by atoms with van der Waals surface area (Å²) in [4.78, 5) is 15.8. The molecule has 5 heteroatoms. The molecule has 3 rings (SSSR count). The van der Waals surface area contributed by atoms with E-state index < -0.39 is 0 Å². The molecular weight excluding hydrogens is 276 g/mol. The number of piperidine rings is 1. The number of pyridine rings is 1. The molecule has 0 radical (unpaired) electrons. The van der Waals surface area contributed by atoms with Crippen LogP contribution in [0.4, 0.5) is 5.82 Å². The van der Waals surface area contributed by atoms with Crippen LogP contribution < -0.4 is 4.90 Å². The lowest BCUT2D eigenvalue weighted by atomic mass is 9.91. The third kappa shape index (κ3) is 2.95. The topological polar surface area (TPSA) is 62.1 Å². The van der Waals surface area contributed by atoms with E-state index in [2.05, 4.69) is 21.8 Å². The Morgan fingerprint density at radius 2 is 2.18 bits per heavy atom. The summed E-state index contributed by atoms with van der Waals surface area (Å²) in [7, 11) is 0. The van der Waals surface area contributed by atoms with Crippen molar-refractivity contribution in [2.45, 2.75) is 32.7 Å². The first-order chi connectivity index (χ1) is 10.7. The van der Waals surface area contributed by atoms with Crippen molar-refractivity contribution in [3.63, 3.8) is 0 Å². The van der Waals surface area contributed by atoms with Gasteiger partial charge in [0.05, 0.1) is 12.6 Å². The van der Waals surface area contributed by atoms with Crippen LogP contribution in [-0.4, -0.2) is 39.3 Å². The molecule has 1 fully saturated rings. The highest BCUT2D eigenvalue weighted by Crippen LogP contribution is 2.28. The summed E-state index contributed by atoms with van der Waals surface area (Å²) in [5.74, 6) is 2.00. The van der Waals surface area contributed by atoms with E-state index in [1.165, 1.54) is 0 Å². The standard InChI is InChI=1S/C17H22N4O/c1-12-6-5-9-21(15(12)11-22)16-10-13(2)19-17(20-16)14-7-3-4-8-18-14/h3-4,7-8,10,12,15,22H,5-6,9,11H2,1-2H3. The second-order valence-corrected chi connectivity index (χ2v) is 5.97. The molecular formula is C17H22N4O. The summed E-state index contributed by atoms with van der Waals surface area (Å²) in [6.45, 7) is 5.25. The van der Waals surface area contributed by atoms with Crippen LogP contribution in [0.3, 0.4) is 0 Å². The highest BCUT2D eigenvalue weighted by molar-refractivity contribution is 5.54. The van der Waals surface area contributed by atoms with Gasteiger partial charge in [-0.3, -0.25) is 4.98 Å². The minimum atomic E-state index is 0.125. The van der Waals surface area contributed by atoms with Gasteiger partial charge in [0.25, 0.3) is 0 Å². The largest absolute Gasteiger partial charge is 0.394 e. The summed E-state index contributed by atoms with van der Waals surface area (Å²) >= 11 is 0. The van der Waals surface area contributed by atoms with Crippen molar-refractivity contribution in [1.82, 2.24) is 15.0 Å². The number of rotatable bonds is 3. The Labute approximate surface area is 131 Å². The van der Waals surface area contributed by atoms with E-state index in [0.29, 0.717) is 11.7 Å². The molecule has 2 aromatic rings. The maximum Gasteiger partial charge on any atom is 0.180 e. The van der Waals surface area contributed by atoms with Gasteiger partial charge in [-0.25, -0.2) is 9.97 Å². The minimum absolute atomic E-state index is 0.125. The van der Waals surface area contributed by atoms with Crippen LogP contribution in [0.15, 0.2) is 30.5 Å². The van der Waals surface area contributed by atoms with Gasteiger partial charge in [-0.2, -0.15) is 0 Å². The fourth-order valence-electron chi connectivity index (χ4n) is 3.12. The van der Waals surface area contributed by atoms with Crippen LogP contribution in [0.2, 0.25) is 0 Å². The van der Waals surface area contributed by atoms with E-state index in [-0.39, 0.29) is 12.6 Å². The van der Waals surface area contributed by atoms with Gasteiger partial charge >= 0.3 is 0 Å². The molecule has 0 aromatic carbocycles. The molecule has 1 saturated heterocycles. The van der Waals surface area contributed by atoms with E-state index in [9.17, 15) is 5.11 Å². The number of hydrogen-bond acceptors (Lipinski definition) is 5. The molecule has 116 valence electrons. The summed E-state index contributed by atoms with van der Waals surface area (Å²) < 4.78 is 0. The molecule has 0 amide bonds. The summed E-state index contributed by atoms with van der Waals surface area (Å²) in [5, 5.41) is 9.75. The number of anilines is 1. The molecule has 1 aliphatic heterocycles. The van der Waals surface area contributed by atoms with Crippen molar-refractivity contribution < 1.29 is 5.11 Å². The van der Waals surface area contributed by atoms with E-state index in [1.54, 1.807) is 6.20 Å². The quantitative estimate of drug-likeness (QED) is 0.943. The molecule has 22 heavy (non-hydrogen) atoms. The van der Waals surface area contributed by atoms with Crippen molar-refractivity contribution in [1.29, 1.82) is 0 Å². The zero-order chi connectivity index (χ0) is 15.5. The van der Waals surface area contributed by atoms with Crippen molar-refractivity contribution in [3.05, 3.63) is 36.2 Å². The molecule has 5 nitrogen and oxygen atoms in total. The third-order valence-corrected chi connectivity index (χ3v) is 4.33. The Balaban J connectivity index is 1.99. The molecule has 0 spiro atoms. The zero-order valence-corrected chi connectivity index (χ0v) is 13.1. The molecule has 1 N–H and O–H groups in total. The van der Waals surface area contributed by atoms with Gasteiger partial charge in [-0.1, -0.05) is 13.0 Å². The van der Waals surface area contributed by atoms with Crippen LogP contribution in [0.1, 0.15) is 25.5 Å². The minimum Gasteiger partial charge on any atom is -0.394 e. The number of aryl methyl sites for hydroxylation is 1. The van der Waals surface area contributed by atoms with Crippen molar-refractivity contribution >= 4 is 5.82 Å². The normalized spacial score (nSPS) is 21.9.